The van der Waals surface area contributed by atoms with Crippen LogP contribution in [0.4, 0.5) is 5.69 Å². The van der Waals surface area contributed by atoms with Gasteiger partial charge in [0.2, 0.25) is 0 Å². The third-order valence-electron chi connectivity index (χ3n) is 5.22. The molecule has 1 heterocycles. The molecular weight excluding hydrogens is 386 g/mol. The molecule has 0 radical (unpaired) electrons. The Hall–Kier alpha value is -2.18. The molecule has 0 aromatic heterocycles. The molecule has 2 atom stereocenters. The number of aliphatic hydroxyl groups is 1. The number of methoxy groups -OCH3 is 1. The Morgan fingerprint density at radius 1 is 1.24 bits per heavy atom. The number of ketones is 1. The first-order valence-electron chi connectivity index (χ1n) is 7.90. The van der Waals surface area contributed by atoms with E-state index in [4.69, 9.17) is 4.74 Å². The number of rotatable bonds is 2. The van der Waals surface area contributed by atoms with Crippen molar-refractivity contribution in [2.24, 2.45) is 5.92 Å². The van der Waals surface area contributed by atoms with Crippen molar-refractivity contribution in [3.63, 3.8) is 0 Å². The number of ether oxygens (including phenoxy) is 1. The van der Waals surface area contributed by atoms with E-state index in [0.29, 0.717) is 22.6 Å². The van der Waals surface area contributed by atoms with Crippen LogP contribution in [0.25, 0.3) is 0 Å². The van der Waals surface area contributed by atoms with Crippen LogP contribution in [0.3, 0.4) is 0 Å². The number of hydrogen-bond donors (Lipinski definition) is 1. The van der Waals surface area contributed by atoms with Crippen molar-refractivity contribution in [3.8, 4) is 5.75 Å². The zero-order chi connectivity index (χ0) is 17.9. The molecule has 4 rings (SSSR count). The molecule has 1 aliphatic carbocycles. The molecule has 128 valence electrons. The normalized spacial score (nSPS) is 24.5. The van der Waals surface area contributed by atoms with Crippen molar-refractivity contribution in [2.75, 3.05) is 19.1 Å². The summed E-state index contributed by atoms with van der Waals surface area (Å²) >= 11 is 3.47. The lowest BCUT2D eigenvalue weighted by Gasteiger charge is -2.27. The number of hydrogen-bond acceptors (Lipinski definition) is 4. The SMILES string of the molecule is COc1ccc(Br)c2c1C(=O)[C@H]([C@]1(O)C(=O)N(C)c3ccccc31)C2. The highest BCUT2D eigenvalue weighted by atomic mass is 79.9. The molecule has 2 aliphatic rings. The summed E-state index contributed by atoms with van der Waals surface area (Å²) in [6.07, 6.45) is 0.274. The minimum absolute atomic E-state index is 0.269. The van der Waals surface area contributed by atoms with Gasteiger partial charge in [0, 0.05) is 17.1 Å². The molecule has 6 heteroatoms. The first kappa shape index (κ1) is 16.3. The number of para-hydroxylation sites is 1. The third-order valence-corrected chi connectivity index (χ3v) is 5.96. The number of halogens is 1. The fourth-order valence-corrected chi connectivity index (χ4v) is 4.45. The number of Topliss-reactive ketones (excluding diaryl/α,β-unsaturated/α-hetero) is 1. The largest absolute Gasteiger partial charge is 0.496 e. The van der Waals surface area contributed by atoms with Crippen molar-refractivity contribution in [2.45, 2.75) is 12.0 Å². The summed E-state index contributed by atoms with van der Waals surface area (Å²) in [6, 6.07) is 10.6. The van der Waals surface area contributed by atoms with E-state index in [-0.39, 0.29) is 12.2 Å². The Bertz CT molecular complexity index is 926. The molecule has 5 nitrogen and oxygen atoms in total. The molecule has 25 heavy (non-hydrogen) atoms. The second kappa shape index (κ2) is 5.41. The summed E-state index contributed by atoms with van der Waals surface area (Å²) in [4.78, 5) is 27.5. The molecule has 0 bridgehead atoms. The predicted octanol–water partition coefficient (Wildman–Crippen LogP) is 2.68. The Morgan fingerprint density at radius 3 is 2.68 bits per heavy atom. The standard InChI is InChI=1S/C19H16BrNO4/c1-21-14-6-4-3-5-11(14)19(24,18(21)23)12-9-10-13(20)7-8-15(25-2)16(10)17(12)22/h3-8,12,24H,9H2,1-2H3/t12-,19+/m1/s1. The summed E-state index contributed by atoms with van der Waals surface area (Å²) in [5.41, 5.74) is 0.442. The van der Waals surface area contributed by atoms with Crippen molar-refractivity contribution in [1.82, 2.24) is 0 Å². The maximum absolute atomic E-state index is 13.2. The number of benzene rings is 2. The van der Waals surface area contributed by atoms with Gasteiger partial charge in [-0.15, -0.1) is 0 Å². The van der Waals surface area contributed by atoms with Gasteiger partial charge in [0.05, 0.1) is 24.3 Å². The van der Waals surface area contributed by atoms with Crippen LogP contribution >= 0.6 is 15.9 Å². The van der Waals surface area contributed by atoms with Gasteiger partial charge in [0.15, 0.2) is 11.4 Å². The summed E-state index contributed by atoms with van der Waals surface area (Å²) in [5, 5.41) is 11.4. The number of likely N-dealkylation sites (N-methyl/N-ethyl adjacent to an activating group) is 1. The van der Waals surface area contributed by atoms with E-state index >= 15 is 0 Å². The fraction of sp³-hybridized carbons (Fsp3) is 0.263. The van der Waals surface area contributed by atoms with Gasteiger partial charge in [-0.3, -0.25) is 9.59 Å². The molecule has 1 N–H and O–H groups in total. The minimum atomic E-state index is -1.87. The topological polar surface area (TPSA) is 66.8 Å². The van der Waals surface area contributed by atoms with Gasteiger partial charge < -0.3 is 14.7 Å². The Labute approximate surface area is 153 Å². The first-order chi connectivity index (χ1) is 11.9. The summed E-state index contributed by atoms with van der Waals surface area (Å²) < 4.78 is 6.10. The van der Waals surface area contributed by atoms with E-state index in [9.17, 15) is 14.7 Å². The zero-order valence-corrected chi connectivity index (χ0v) is 15.3. The molecule has 0 spiro atoms. The second-order valence-corrected chi connectivity index (χ2v) is 7.23. The molecule has 1 aliphatic heterocycles. The van der Waals surface area contributed by atoms with Crippen LogP contribution in [-0.4, -0.2) is 31.0 Å². The van der Waals surface area contributed by atoms with Crippen LogP contribution in [0.1, 0.15) is 21.5 Å². The van der Waals surface area contributed by atoms with E-state index < -0.39 is 17.4 Å². The Balaban J connectivity index is 1.88. The number of fused-ring (bicyclic) bond motifs is 2. The van der Waals surface area contributed by atoms with E-state index in [1.807, 2.05) is 6.07 Å². The van der Waals surface area contributed by atoms with Crippen LogP contribution in [0.15, 0.2) is 40.9 Å². The van der Waals surface area contributed by atoms with Gasteiger partial charge in [0.25, 0.3) is 5.91 Å². The van der Waals surface area contributed by atoms with Crippen LogP contribution in [-0.2, 0) is 16.8 Å². The maximum Gasteiger partial charge on any atom is 0.264 e. The van der Waals surface area contributed by atoms with Crippen molar-refractivity contribution < 1.29 is 19.4 Å². The lowest BCUT2D eigenvalue weighted by atomic mass is 9.79. The Morgan fingerprint density at radius 2 is 1.96 bits per heavy atom. The van der Waals surface area contributed by atoms with Crippen LogP contribution < -0.4 is 9.64 Å². The van der Waals surface area contributed by atoms with Crippen LogP contribution in [0.2, 0.25) is 0 Å². The van der Waals surface area contributed by atoms with Gasteiger partial charge in [-0.2, -0.15) is 0 Å². The minimum Gasteiger partial charge on any atom is -0.496 e. The number of carbonyl (C=O) groups is 2. The number of amides is 1. The predicted molar refractivity (Wildman–Crippen MR) is 96.0 cm³/mol. The molecule has 0 saturated carbocycles. The molecule has 1 amide bonds. The highest BCUT2D eigenvalue weighted by molar-refractivity contribution is 9.10. The van der Waals surface area contributed by atoms with Crippen LogP contribution in [0.5, 0.6) is 5.75 Å². The van der Waals surface area contributed by atoms with Crippen molar-refractivity contribution in [1.29, 1.82) is 0 Å². The van der Waals surface area contributed by atoms with Gasteiger partial charge in [0.1, 0.15) is 5.75 Å². The first-order valence-corrected chi connectivity index (χ1v) is 8.70. The number of nitrogens with zero attached hydrogens (tertiary/aromatic N) is 1. The lowest BCUT2D eigenvalue weighted by Crippen LogP contribution is -2.46. The van der Waals surface area contributed by atoms with Crippen molar-refractivity contribution >= 4 is 33.3 Å². The van der Waals surface area contributed by atoms with Crippen LogP contribution in [0, 0.1) is 5.92 Å². The summed E-state index contributed by atoms with van der Waals surface area (Å²) in [6.45, 7) is 0. The van der Waals surface area contributed by atoms with Gasteiger partial charge in [-0.05, 0) is 30.2 Å². The molecule has 0 saturated heterocycles. The van der Waals surface area contributed by atoms with Gasteiger partial charge >= 0.3 is 0 Å². The molecular formula is C19H16BrNO4. The smallest absolute Gasteiger partial charge is 0.264 e. The summed E-state index contributed by atoms with van der Waals surface area (Å²) in [7, 11) is 3.12. The maximum atomic E-state index is 13.2. The van der Waals surface area contributed by atoms with E-state index in [0.717, 1.165) is 10.0 Å². The van der Waals surface area contributed by atoms with Gasteiger partial charge in [-0.25, -0.2) is 0 Å². The highest BCUT2D eigenvalue weighted by Gasteiger charge is 2.58. The van der Waals surface area contributed by atoms with E-state index in [2.05, 4.69) is 15.9 Å². The van der Waals surface area contributed by atoms with Gasteiger partial charge in [-0.1, -0.05) is 34.1 Å². The van der Waals surface area contributed by atoms with E-state index in [1.165, 1.54) is 12.0 Å². The average molecular weight is 402 g/mol. The third kappa shape index (κ3) is 1.98. The molecule has 2 aromatic rings. The number of carbonyl (C=O) groups excluding carboxylic acids is 2. The summed E-state index contributed by atoms with van der Waals surface area (Å²) in [5.74, 6) is -1.17. The molecule has 0 unspecified atom stereocenters. The van der Waals surface area contributed by atoms with E-state index in [1.54, 1.807) is 37.4 Å². The van der Waals surface area contributed by atoms with Crippen molar-refractivity contribution in [3.05, 3.63) is 57.6 Å². The average Bonchev–Trinajstić information content (AvgIpc) is 3.07. The quantitative estimate of drug-likeness (QED) is 0.839. The number of anilines is 1. The zero-order valence-electron chi connectivity index (χ0n) is 13.7. The monoisotopic (exact) mass is 401 g/mol. The lowest BCUT2D eigenvalue weighted by molar-refractivity contribution is -0.139. The molecule has 2 aromatic carbocycles. The highest BCUT2D eigenvalue weighted by Crippen LogP contribution is 2.50. The fourth-order valence-electron chi connectivity index (χ4n) is 3.95. The molecule has 0 fully saturated rings. The Kier molecular flexibility index (Phi) is 3.53. The second-order valence-electron chi connectivity index (χ2n) is 6.37.